The zero-order valence-electron chi connectivity index (χ0n) is 13.1. The lowest BCUT2D eigenvalue weighted by Crippen LogP contribution is -2.31. The van der Waals surface area contributed by atoms with Crippen LogP contribution >= 0.6 is 0 Å². The number of rotatable bonds is 7. The molecule has 0 aliphatic carbocycles. The Balaban J connectivity index is 2.98. The Bertz CT molecular complexity index is 440. The standard InChI is InChI=1S/C14H24N2O4/c1-7-18-10(9(3)4)11-15-12(20-16-11)14(5,6)13(17)19-8-2/h9-10H,7-8H2,1-6H3. The smallest absolute Gasteiger partial charge is 0.321 e. The predicted molar refractivity (Wildman–Crippen MR) is 73.2 cm³/mol. The summed E-state index contributed by atoms with van der Waals surface area (Å²) >= 11 is 0. The molecular weight excluding hydrogens is 260 g/mol. The molecule has 20 heavy (non-hydrogen) atoms. The van der Waals surface area contributed by atoms with E-state index in [1.54, 1.807) is 20.8 Å². The lowest BCUT2D eigenvalue weighted by Gasteiger charge is -2.18. The summed E-state index contributed by atoms with van der Waals surface area (Å²) in [4.78, 5) is 16.2. The van der Waals surface area contributed by atoms with Gasteiger partial charge in [0.25, 0.3) is 0 Å². The van der Waals surface area contributed by atoms with Crippen LogP contribution in [0.5, 0.6) is 0 Å². The van der Waals surface area contributed by atoms with Crippen molar-refractivity contribution in [3.05, 3.63) is 11.7 Å². The molecule has 0 aromatic carbocycles. The van der Waals surface area contributed by atoms with E-state index in [0.717, 1.165) is 0 Å². The number of hydrogen-bond acceptors (Lipinski definition) is 6. The van der Waals surface area contributed by atoms with E-state index in [1.165, 1.54) is 0 Å². The molecular formula is C14H24N2O4. The summed E-state index contributed by atoms with van der Waals surface area (Å²) in [5.74, 6) is 0.546. The van der Waals surface area contributed by atoms with Gasteiger partial charge in [-0.1, -0.05) is 19.0 Å². The highest BCUT2D eigenvalue weighted by Gasteiger charge is 2.38. The molecule has 0 aliphatic rings. The van der Waals surface area contributed by atoms with E-state index in [4.69, 9.17) is 14.0 Å². The van der Waals surface area contributed by atoms with Gasteiger partial charge in [0.2, 0.25) is 11.7 Å². The Morgan fingerprint density at radius 1 is 1.30 bits per heavy atom. The molecule has 1 heterocycles. The molecule has 1 rings (SSSR count). The minimum atomic E-state index is -0.963. The van der Waals surface area contributed by atoms with Crippen LogP contribution in [0.3, 0.4) is 0 Å². The maximum atomic E-state index is 11.9. The third-order valence-electron chi connectivity index (χ3n) is 2.97. The van der Waals surface area contributed by atoms with Crippen LogP contribution < -0.4 is 0 Å². The van der Waals surface area contributed by atoms with E-state index in [-0.39, 0.29) is 23.9 Å². The third-order valence-corrected chi connectivity index (χ3v) is 2.97. The topological polar surface area (TPSA) is 74.5 Å². The first kappa shape index (κ1) is 16.6. The summed E-state index contributed by atoms with van der Waals surface area (Å²) in [6.45, 7) is 12.0. The SMILES string of the molecule is CCOC(=O)C(C)(C)c1nc(C(OCC)C(C)C)no1. The molecule has 1 atom stereocenters. The number of ether oxygens (including phenoxy) is 2. The molecule has 0 saturated carbocycles. The highest BCUT2D eigenvalue weighted by atomic mass is 16.5. The van der Waals surface area contributed by atoms with Crippen LogP contribution in [0.25, 0.3) is 0 Å². The zero-order valence-corrected chi connectivity index (χ0v) is 13.1. The van der Waals surface area contributed by atoms with Crippen molar-refractivity contribution in [2.24, 2.45) is 5.92 Å². The molecule has 6 nitrogen and oxygen atoms in total. The lowest BCUT2D eigenvalue weighted by atomic mass is 9.93. The molecule has 1 aromatic heterocycles. The molecule has 1 unspecified atom stereocenters. The fourth-order valence-electron chi connectivity index (χ4n) is 1.75. The molecule has 0 aliphatic heterocycles. The first-order valence-electron chi connectivity index (χ1n) is 6.97. The van der Waals surface area contributed by atoms with E-state index >= 15 is 0 Å². The van der Waals surface area contributed by atoms with Gasteiger partial charge in [-0.25, -0.2) is 0 Å². The Morgan fingerprint density at radius 2 is 1.95 bits per heavy atom. The van der Waals surface area contributed by atoms with Crippen molar-refractivity contribution in [3.8, 4) is 0 Å². The second kappa shape index (κ2) is 6.83. The van der Waals surface area contributed by atoms with Crippen molar-refractivity contribution in [3.63, 3.8) is 0 Å². The van der Waals surface area contributed by atoms with Crippen molar-refractivity contribution in [2.75, 3.05) is 13.2 Å². The highest BCUT2D eigenvalue weighted by molar-refractivity contribution is 5.80. The summed E-state index contributed by atoms with van der Waals surface area (Å²) in [6.07, 6.45) is -0.240. The summed E-state index contributed by atoms with van der Waals surface area (Å²) in [5, 5.41) is 3.95. The maximum absolute atomic E-state index is 11.9. The number of carbonyl (C=O) groups excluding carboxylic acids is 1. The molecule has 0 amide bonds. The fourth-order valence-corrected chi connectivity index (χ4v) is 1.75. The average Bonchev–Trinajstić information content (AvgIpc) is 2.85. The van der Waals surface area contributed by atoms with Crippen LogP contribution in [0.2, 0.25) is 0 Å². The summed E-state index contributed by atoms with van der Waals surface area (Å²) in [5.41, 5.74) is -0.963. The monoisotopic (exact) mass is 284 g/mol. The minimum absolute atomic E-state index is 0.214. The van der Waals surface area contributed by atoms with Gasteiger partial charge >= 0.3 is 5.97 Å². The van der Waals surface area contributed by atoms with Gasteiger partial charge in [0.05, 0.1) is 6.61 Å². The molecule has 0 radical (unpaired) electrons. The van der Waals surface area contributed by atoms with Crippen molar-refractivity contribution in [1.82, 2.24) is 10.1 Å². The minimum Gasteiger partial charge on any atom is -0.465 e. The Hall–Kier alpha value is -1.43. The normalized spacial score (nSPS) is 13.6. The average molecular weight is 284 g/mol. The summed E-state index contributed by atoms with van der Waals surface area (Å²) in [7, 11) is 0. The molecule has 0 fully saturated rings. The zero-order chi connectivity index (χ0) is 15.3. The summed E-state index contributed by atoms with van der Waals surface area (Å²) < 4.78 is 15.9. The second-order valence-electron chi connectivity index (χ2n) is 5.42. The van der Waals surface area contributed by atoms with Gasteiger partial charge in [-0.15, -0.1) is 0 Å². The fraction of sp³-hybridized carbons (Fsp3) is 0.786. The van der Waals surface area contributed by atoms with Crippen LogP contribution in [-0.2, 0) is 19.7 Å². The van der Waals surface area contributed by atoms with Crippen molar-refractivity contribution >= 4 is 5.97 Å². The first-order chi connectivity index (χ1) is 9.34. The van der Waals surface area contributed by atoms with Crippen molar-refractivity contribution in [2.45, 2.75) is 53.1 Å². The van der Waals surface area contributed by atoms with Gasteiger partial charge in [0.15, 0.2) is 0 Å². The van der Waals surface area contributed by atoms with E-state index in [0.29, 0.717) is 19.0 Å². The highest BCUT2D eigenvalue weighted by Crippen LogP contribution is 2.28. The maximum Gasteiger partial charge on any atom is 0.321 e. The molecule has 1 aromatic rings. The predicted octanol–water partition coefficient (Wildman–Crippen LogP) is 2.64. The quantitative estimate of drug-likeness (QED) is 0.716. The molecule has 0 saturated heterocycles. The van der Waals surface area contributed by atoms with E-state index in [1.807, 2.05) is 20.8 Å². The molecule has 6 heteroatoms. The number of aromatic nitrogens is 2. The number of nitrogens with zero attached hydrogens (tertiary/aromatic N) is 2. The molecule has 0 bridgehead atoms. The van der Waals surface area contributed by atoms with Gasteiger partial charge in [-0.2, -0.15) is 4.98 Å². The van der Waals surface area contributed by atoms with Crippen LogP contribution in [0.4, 0.5) is 0 Å². The number of carbonyl (C=O) groups is 1. The van der Waals surface area contributed by atoms with E-state index < -0.39 is 5.41 Å². The second-order valence-corrected chi connectivity index (χ2v) is 5.42. The molecule has 0 spiro atoms. The third kappa shape index (κ3) is 3.56. The number of esters is 1. The largest absolute Gasteiger partial charge is 0.465 e. The van der Waals surface area contributed by atoms with Crippen LogP contribution in [-0.4, -0.2) is 29.3 Å². The van der Waals surface area contributed by atoms with Crippen LogP contribution in [0, 0.1) is 5.92 Å². The van der Waals surface area contributed by atoms with E-state index in [2.05, 4.69) is 10.1 Å². The van der Waals surface area contributed by atoms with Crippen molar-refractivity contribution in [1.29, 1.82) is 0 Å². The Kier molecular flexibility index (Phi) is 5.68. The summed E-state index contributed by atoms with van der Waals surface area (Å²) in [6, 6.07) is 0. The Morgan fingerprint density at radius 3 is 2.45 bits per heavy atom. The Labute approximate surface area is 119 Å². The van der Waals surface area contributed by atoms with Crippen LogP contribution in [0.1, 0.15) is 59.4 Å². The van der Waals surface area contributed by atoms with Gasteiger partial charge in [-0.05, 0) is 33.6 Å². The first-order valence-corrected chi connectivity index (χ1v) is 6.97. The van der Waals surface area contributed by atoms with Gasteiger partial charge in [0.1, 0.15) is 11.5 Å². The molecule has 0 N–H and O–H groups in total. The van der Waals surface area contributed by atoms with Crippen LogP contribution in [0.15, 0.2) is 4.52 Å². The lowest BCUT2D eigenvalue weighted by molar-refractivity contribution is -0.149. The van der Waals surface area contributed by atoms with Gasteiger partial charge in [0, 0.05) is 6.61 Å². The van der Waals surface area contributed by atoms with Gasteiger partial charge < -0.3 is 14.0 Å². The molecule has 114 valence electrons. The van der Waals surface area contributed by atoms with Crippen molar-refractivity contribution < 1.29 is 18.8 Å². The number of hydrogen-bond donors (Lipinski definition) is 0. The van der Waals surface area contributed by atoms with E-state index in [9.17, 15) is 4.79 Å². The van der Waals surface area contributed by atoms with Gasteiger partial charge in [-0.3, -0.25) is 4.79 Å².